The van der Waals surface area contributed by atoms with Crippen molar-refractivity contribution in [2.75, 3.05) is 5.32 Å². The van der Waals surface area contributed by atoms with Crippen LogP contribution in [0, 0.1) is 0 Å². The van der Waals surface area contributed by atoms with Crippen molar-refractivity contribution >= 4 is 44.6 Å². The van der Waals surface area contributed by atoms with E-state index in [-0.39, 0.29) is 0 Å². The first-order valence-corrected chi connectivity index (χ1v) is 8.24. The topological polar surface area (TPSA) is 41.4 Å². The molecule has 1 aromatic heterocycles. The highest BCUT2D eigenvalue weighted by molar-refractivity contribution is 7.80. The van der Waals surface area contributed by atoms with E-state index in [9.17, 15) is 0 Å². The smallest absolute Gasteiger partial charge is 0.209 e. The lowest BCUT2D eigenvalue weighted by molar-refractivity contribution is 0.745. The maximum absolute atomic E-state index is 5.27. The summed E-state index contributed by atoms with van der Waals surface area (Å²) in [6.45, 7) is 2.97. The second-order valence-corrected chi connectivity index (χ2v) is 6.06. The molecule has 0 unspecified atom stereocenters. The van der Waals surface area contributed by atoms with Crippen LogP contribution in [-0.4, -0.2) is 9.68 Å². The number of thiocarbonyl (C=S) groups is 1. The van der Waals surface area contributed by atoms with Gasteiger partial charge in [0.1, 0.15) is 0 Å². The minimum absolute atomic E-state index is 0.478. The van der Waals surface area contributed by atoms with Crippen molar-refractivity contribution in [3.8, 4) is 0 Å². The van der Waals surface area contributed by atoms with Gasteiger partial charge in [-0.2, -0.15) is 0 Å². The number of nitrogens with zero attached hydrogens (tertiary/aromatic N) is 2. The first-order chi connectivity index (χ1) is 10.8. The van der Waals surface area contributed by atoms with E-state index >= 15 is 0 Å². The molecule has 4 nitrogen and oxygen atoms in total. The summed E-state index contributed by atoms with van der Waals surface area (Å²) in [6.07, 6.45) is 0. The van der Waals surface area contributed by atoms with Gasteiger partial charge in [-0.05, 0) is 43.4 Å². The van der Waals surface area contributed by atoms with Crippen molar-refractivity contribution in [3.05, 3.63) is 59.4 Å². The van der Waals surface area contributed by atoms with Gasteiger partial charge in [0.05, 0.1) is 10.2 Å². The average Bonchev–Trinajstić information content (AvgIpc) is 2.91. The number of hydrogen-bond acceptors (Lipinski definition) is 3. The van der Waals surface area contributed by atoms with Crippen molar-refractivity contribution < 1.29 is 0 Å². The molecule has 2 aromatic carbocycles. The van der Waals surface area contributed by atoms with Crippen LogP contribution in [0.2, 0.25) is 0 Å². The van der Waals surface area contributed by atoms with Crippen LogP contribution in [0.3, 0.4) is 0 Å². The van der Waals surface area contributed by atoms with Crippen molar-refractivity contribution in [2.45, 2.75) is 13.5 Å². The Morgan fingerprint density at radius 3 is 2.64 bits per heavy atom. The Hall–Kier alpha value is -2.18. The minimum atomic E-state index is 0.478. The molecule has 1 heterocycles. The predicted octanol–water partition coefficient (Wildman–Crippen LogP) is 3.53. The Bertz CT molecular complexity index is 849. The van der Waals surface area contributed by atoms with Crippen LogP contribution in [0.4, 0.5) is 5.69 Å². The highest BCUT2D eigenvalue weighted by Gasteiger charge is 2.03. The van der Waals surface area contributed by atoms with Gasteiger partial charge in [0.25, 0.3) is 0 Å². The molecule has 0 amide bonds. The van der Waals surface area contributed by atoms with E-state index in [4.69, 9.17) is 12.2 Å². The molecule has 0 bridgehead atoms. The van der Waals surface area contributed by atoms with Crippen LogP contribution in [0.5, 0.6) is 0 Å². The monoisotopic (exact) mass is 328 g/mol. The quantitative estimate of drug-likeness (QED) is 0.571. The fourth-order valence-electron chi connectivity index (χ4n) is 2.19. The number of anilines is 1. The van der Waals surface area contributed by atoms with Crippen molar-refractivity contribution in [1.29, 1.82) is 0 Å². The molecule has 0 spiro atoms. The molecule has 0 saturated carbocycles. The van der Waals surface area contributed by atoms with Crippen LogP contribution in [-0.2, 0) is 6.54 Å². The van der Waals surface area contributed by atoms with Gasteiger partial charge in [-0.15, -0.1) is 5.10 Å². The van der Waals surface area contributed by atoms with Gasteiger partial charge in [0.15, 0.2) is 5.11 Å². The van der Waals surface area contributed by atoms with Crippen molar-refractivity contribution in [1.82, 2.24) is 9.99 Å². The summed E-state index contributed by atoms with van der Waals surface area (Å²) < 4.78 is 3.38. The van der Waals surface area contributed by atoms with E-state index in [0.29, 0.717) is 5.11 Å². The van der Waals surface area contributed by atoms with Crippen LogP contribution in [0.25, 0.3) is 10.2 Å². The van der Waals surface area contributed by atoms with Crippen molar-refractivity contribution in [3.63, 3.8) is 0 Å². The highest BCUT2D eigenvalue weighted by Crippen LogP contribution is 2.16. The molecule has 6 heteroatoms. The zero-order valence-electron chi connectivity index (χ0n) is 12.1. The van der Waals surface area contributed by atoms with Gasteiger partial charge in [-0.1, -0.05) is 41.7 Å². The summed E-state index contributed by atoms with van der Waals surface area (Å²) >= 11 is 6.92. The Morgan fingerprint density at radius 2 is 1.86 bits per heavy atom. The summed E-state index contributed by atoms with van der Waals surface area (Å²) in [5.41, 5.74) is 5.05. The van der Waals surface area contributed by atoms with Gasteiger partial charge >= 0.3 is 0 Å². The predicted molar refractivity (Wildman–Crippen MR) is 96.9 cm³/mol. The van der Waals surface area contributed by atoms with Gasteiger partial charge in [-0.3, -0.25) is 5.43 Å². The van der Waals surface area contributed by atoms with E-state index in [0.717, 1.165) is 17.0 Å². The molecule has 0 aliphatic rings. The highest BCUT2D eigenvalue weighted by atomic mass is 32.1. The first-order valence-electron chi connectivity index (χ1n) is 7.02. The average molecular weight is 328 g/mol. The Morgan fingerprint density at radius 1 is 1.14 bits per heavy atom. The normalized spacial score (nSPS) is 11.6. The fourth-order valence-corrected chi connectivity index (χ4v) is 3.41. The number of thiazole rings is 1. The van der Waals surface area contributed by atoms with Crippen LogP contribution < -0.4 is 15.5 Å². The zero-order valence-corrected chi connectivity index (χ0v) is 13.7. The third-order valence-corrected chi connectivity index (χ3v) is 4.44. The molecule has 0 radical (unpaired) electrons. The van der Waals surface area contributed by atoms with Crippen LogP contribution >= 0.6 is 23.6 Å². The molecule has 3 rings (SSSR count). The van der Waals surface area contributed by atoms with E-state index < -0.39 is 0 Å². The standard InChI is InChI=1S/C16H16N4S2/c1-2-20-13-10-6-7-11-14(13)22-16(20)19-18-15(21)17-12-8-4-3-5-9-12/h3-11H,2H2,1H3,(H2,17,18,21)/b19-16-. The lowest BCUT2D eigenvalue weighted by Gasteiger charge is -2.06. The molecule has 0 saturated heterocycles. The summed E-state index contributed by atoms with van der Waals surface area (Å²) in [5.74, 6) is 0. The number of rotatable bonds is 3. The fraction of sp³-hybridized carbons (Fsp3) is 0.125. The third-order valence-electron chi connectivity index (χ3n) is 3.19. The molecule has 0 aliphatic heterocycles. The van der Waals surface area contributed by atoms with Crippen molar-refractivity contribution in [2.24, 2.45) is 5.10 Å². The third kappa shape index (κ3) is 3.18. The lowest BCUT2D eigenvalue weighted by atomic mass is 10.3. The minimum Gasteiger partial charge on any atom is -0.331 e. The molecule has 112 valence electrons. The second kappa shape index (κ2) is 6.72. The Labute approximate surface area is 138 Å². The largest absolute Gasteiger partial charge is 0.331 e. The maximum Gasteiger partial charge on any atom is 0.209 e. The molecule has 0 atom stereocenters. The number of aryl methyl sites for hydroxylation is 1. The molecule has 0 aliphatic carbocycles. The lowest BCUT2D eigenvalue weighted by Crippen LogP contribution is -2.27. The SMILES string of the molecule is CCn1/c(=N/NC(=S)Nc2ccccc2)sc2ccccc21. The number of nitrogens with one attached hydrogen (secondary N) is 2. The van der Waals surface area contributed by atoms with Gasteiger partial charge in [0, 0.05) is 12.2 Å². The number of aromatic nitrogens is 1. The summed E-state index contributed by atoms with van der Waals surface area (Å²) in [6, 6.07) is 18.1. The first kappa shape index (κ1) is 14.7. The summed E-state index contributed by atoms with van der Waals surface area (Å²) in [7, 11) is 0. The van der Waals surface area contributed by atoms with E-state index in [2.05, 4.69) is 39.5 Å². The molecule has 0 fully saturated rings. The number of para-hydroxylation sites is 2. The Kier molecular flexibility index (Phi) is 4.50. The zero-order chi connectivity index (χ0) is 15.4. The summed E-state index contributed by atoms with van der Waals surface area (Å²) in [4.78, 5) is 0.904. The van der Waals surface area contributed by atoms with E-state index in [1.54, 1.807) is 11.3 Å². The van der Waals surface area contributed by atoms with E-state index in [1.165, 1.54) is 10.2 Å². The molecular weight excluding hydrogens is 312 g/mol. The van der Waals surface area contributed by atoms with Gasteiger partial charge < -0.3 is 9.88 Å². The Balaban J connectivity index is 1.82. The maximum atomic E-state index is 5.27. The van der Waals surface area contributed by atoms with Crippen LogP contribution in [0.1, 0.15) is 6.92 Å². The number of fused-ring (bicyclic) bond motifs is 1. The molecule has 3 aromatic rings. The van der Waals surface area contributed by atoms with Gasteiger partial charge in [0.2, 0.25) is 4.80 Å². The molecular formula is C16H16N4S2. The summed E-state index contributed by atoms with van der Waals surface area (Å²) in [5, 5.41) is 8.02. The number of hydrogen-bond donors (Lipinski definition) is 2. The van der Waals surface area contributed by atoms with Crippen LogP contribution in [0.15, 0.2) is 59.7 Å². The molecule has 2 N–H and O–H groups in total. The van der Waals surface area contributed by atoms with Gasteiger partial charge in [-0.25, -0.2) is 0 Å². The second-order valence-electron chi connectivity index (χ2n) is 4.64. The number of benzene rings is 2. The molecule has 22 heavy (non-hydrogen) atoms. The van der Waals surface area contributed by atoms with E-state index in [1.807, 2.05) is 42.5 Å².